The van der Waals surface area contributed by atoms with Gasteiger partial charge in [0.05, 0.1) is 11.2 Å². The van der Waals surface area contributed by atoms with E-state index >= 15 is 0 Å². The number of aromatic nitrogens is 1. The number of hydrogen-bond donors (Lipinski definition) is 1. The fourth-order valence-electron chi connectivity index (χ4n) is 2.90. The zero-order chi connectivity index (χ0) is 12.4. The van der Waals surface area contributed by atoms with Gasteiger partial charge in [0, 0.05) is 43.0 Å². The van der Waals surface area contributed by atoms with E-state index in [9.17, 15) is 0 Å². The van der Waals surface area contributed by atoms with Crippen LogP contribution in [-0.2, 0) is 6.54 Å². The molecule has 1 aliphatic carbocycles. The smallest absolute Gasteiger partial charge is 0.0798 e. The molecular weight excluding hydrogens is 242 g/mol. The zero-order valence-electron chi connectivity index (χ0n) is 11.2. The summed E-state index contributed by atoms with van der Waals surface area (Å²) < 4.78 is 0. The Bertz CT molecular complexity index is 384. The molecule has 3 rings (SSSR count). The summed E-state index contributed by atoms with van der Waals surface area (Å²) >= 11 is 1.86. The highest BCUT2D eigenvalue weighted by atomic mass is 32.1. The van der Waals surface area contributed by atoms with Gasteiger partial charge in [-0.3, -0.25) is 4.90 Å². The molecule has 2 fully saturated rings. The standard InChI is InChI=1S/C14H23N3S/c1-2-3-12-8-15-6-7-17(12)9-13-14(11-4-5-11)16-10-18-13/h10-12,15H,2-9H2,1H3. The predicted octanol–water partition coefficient (Wildman–Crippen LogP) is 2.59. The Labute approximate surface area is 114 Å². The van der Waals surface area contributed by atoms with Gasteiger partial charge < -0.3 is 5.32 Å². The van der Waals surface area contributed by atoms with Crippen LogP contribution < -0.4 is 5.32 Å². The first-order valence-electron chi connectivity index (χ1n) is 7.25. The monoisotopic (exact) mass is 265 g/mol. The van der Waals surface area contributed by atoms with Crippen LogP contribution in [0.25, 0.3) is 0 Å². The van der Waals surface area contributed by atoms with Gasteiger partial charge in [-0.05, 0) is 19.3 Å². The lowest BCUT2D eigenvalue weighted by molar-refractivity contribution is 0.145. The number of nitrogens with zero attached hydrogens (tertiary/aromatic N) is 2. The average Bonchev–Trinajstić information content (AvgIpc) is 3.13. The Morgan fingerprint density at radius 2 is 2.39 bits per heavy atom. The number of thiazole rings is 1. The third-order valence-corrected chi connectivity index (χ3v) is 4.91. The van der Waals surface area contributed by atoms with E-state index in [-0.39, 0.29) is 0 Å². The van der Waals surface area contributed by atoms with Crippen molar-refractivity contribution in [2.45, 2.75) is 51.1 Å². The van der Waals surface area contributed by atoms with Crippen molar-refractivity contribution in [3.63, 3.8) is 0 Å². The molecule has 18 heavy (non-hydrogen) atoms. The molecule has 3 nitrogen and oxygen atoms in total. The van der Waals surface area contributed by atoms with Crippen molar-refractivity contribution in [2.24, 2.45) is 0 Å². The van der Waals surface area contributed by atoms with E-state index in [2.05, 4.69) is 22.1 Å². The van der Waals surface area contributed by atoms with Gasteiger partial charge in [0.1, 0.15) is 0 Å². The number of nitrogens with one attached hydrogen (secondary N) is 1. The second-order valence-electron chi connectivity index (χ2n) is 5.55. The van der Waals surface area contributed by atoms with Gasteiger partial charge in [0.15, 0.2) is 0 Å². The summed E-state index contributed by atoms with van der Waals surface area (Å²) in [7, 11) is 0. The largest absolute Gasteiger partial charge is 0.314 e. The van der Waals surface area contributed by atoms with Crippen molar-refractivity contribution in [3.05, 3.63) is 16.1 Å². The molecule has 0 spiro atoms. The molecule has 4 heteroatoms. The highest BCUT2D eigenvalue weighted by molar-refractivity contribution is 7.09. The van der Waals surface area contributed by atoms with Crippen LogP contribution in [0, 0.1) is 0 Å². The van der Waals surface area contributed by atoms with Crippen LogP contribution in [-0.4, -0.2) is 35.6 Å². The second kappa shape index (κ2) is 5.68. The van der Waals surface area contributed by atoms with Crippen molar-refractivity contribution < 1.29 is 0 Å². The maximum atomic E-state index is 4.59. The number of hydrogen-bond acceptors (Lipinski definition) is 4. The van der Waals surface area contributed by atoms with Crippen LogP contribution in [0.15, 0.2) is 5.51 Å². The van der Waals surface area contributed by atoms with Crippen LogP contribution in [0.1, 0.15) is 49.1 Å². The molecule has 1 aromatic heterocycles. The minimum atomic E-state index is 0.720. The molecule has 0 aromatic carbocycles. The van der Waals surface area contributed by atoms with E-state index in [0.29, 0.717) is 0 Å². The Hall–Kier alpha value is -0.450. The summed E-state index contributed by atoms with van der Waals surface area (Å²) in [5.41, 5.74) is 3.45. The lowest BCUT2D eigenvalue weighted by Gasteiger charge is -2.36. The van der Waals surface area contributed by atoms with Crippen molar-refractivity contribution >= 4 is 11.3 Å². The quantitative estimate of drug-likeness (QED) is 0.887. The average molecular weight is 265 g/mol. The summed E-state index contributed by atoms with van der Waals surface area (Å²) in [5.74, 6) is 0.791. The summed E-state index contributed by atoms with van der Waals surface area (Å²) in [6.45, 7) is 6.90. The van der Waals surface area contributed by atoms with Crippen LogP contribution in [0.5, 0.6) is 0 Å². The fraction of sp³-hybridized carbons (Fsp3) is 0.786. The van der Waals surface area contributed by atoms with Crippen LogP contribution >= 0.6 is 11.3 Å². The predicted molar refractivity (Wildman–Crippen MR) is 76.1 cm³/mol. The Morgan fingerprint density at radius 1 is 1.50 bits per heavy atom. The van der Waals surface area contributed by atoms with E-state index in [4.69, 9.17) is 0 Å². The third kappa shape index (κ3) is 2.76. The van der Waals surface area contributed by atoms with Crippen molar-refractivity contribution in [3.8, 4) is 0 Å². The van der Waals surface area contributed by atoms with E-state index < -0.39 is 0 Å². The molecule has 2 aliphatic rings. The number of piperazine rings is 1. The van der Waals surface area contributed by atoms with Gasteiger partial charge in [-0.2, -0.15) is 0 Å². The van der Waals surface area contributed by atoms with Crippen molar-refractivity contribution in [2.75, 3.05) is 19.6 Å². The molecule has 1 N–H and O–H groups in total. The fourth-order valence-corrected chi connectivity index (χ4v) is 3.77. The lowest BCUT2D eigenvalue weighted by Crippen LogP contribution is -2.50. The molecule has 100 valence electrons. The third-order valence-electron chi connectivity index (χ3n) is 4.08. The highest BCUT2D eigenvalue weighted by Gasteiger charge is 2.30. The molecule has 1 unspecified atom stereocenters. The van der Waals surface area contributed by atoms with Gasteiger partial charge in [0.25, 0.3) is 0 Å². The molecule has 0 radical (unpaired) electrons. The molecule has 0 bridgehead atoms. The van der Waals surface area contributed by atoms with E-state index in [1.165, 1.54) is 42.8 Å². The van der Waals surface area contributed by atoms with Gasteiger partial charge in [-0.15, -0.1) is 11.3 Å². The van der Waals surface area contributed by atoms with Crippen LogP contribution in [0.4, 0.5) is 0 Å². The first-order valence-corrected chi connectivity index (χ1v) is 8.13. The first-order chi connectivity index (χ1) is 8.88. The van der Waals surface area contributed by atoms with Crippen LogP contribution in [0.3, 0.4) is 0 Å². The molecule has 2 heterocycles. The minimum absolute atomic E-state index is 0.720. The second-order valence-corrected chi connectivity index (χ2v) is 6.49. The van der Waals surface area contributed by atoms with Gasteiger partial charge >= 0.3 is 0 Å². The maximum absolute atomic E-state index is 4.59. The summed E-state index contributed by atoms with van der Waals surface area (Å²) in [4.78, 5) is 8.79. The van der Waals surface area contributed by atoms with E-state index in [1.54, 1.807) is 0 Å². The summed E-state index contributed by atoms with van der Waals surface area (Å²) in [5, 5.41) is 3.53. The molecule has 1 saturated carbocycles. The molecule has 1 saturated heterocycles. The van der Waals surface area contributed by atoms with Crippen LogP contribution in [0.2, 0.25) is 0 Å². The Balaban J connectivity index is 1.67. The van der Waals surface area contributed by atoms with E-state index in [0.717, 1.165) is 31.6 Å². The first kappa shape index (κ1) is 12.6. The highest BCUT2D eigenvalue weighted by Crippen LogP contribution is 2.42. The number of rotatable bonds is 5. The Morgan fingerprint density at radius 3 is 3.17 bits per heavy atom. The van der Waals surface area contributed by atoms with Gasteiger partial charge in [0.2, 0.25) is 0 Å². The molecular formula is C14H23N3S. The maximum Gasteiger partial charge on any atom is 0.0798 e. The Kier molecular flexibility index (Phi) is 3.97. The van der Waals surface area contributed by atoms with Crippen molar-refractivity contribution in [1.82, 2.24) is 15.2 Å². The topological polar surface area (TPSA) is 28.2 Å². The van der Waals surface area contributed by atoms with Crippen molar-refractivity contribution in [1.29, 1.82) is 0 Å². The van der Waals surface area contributed by atoms with Gasteiger partial charge in [-0.1, -0.05) is 13.3 Å². The molecule has 1 aromatic rings. The molecule has 1 atom stereocenters. The molecule has 0 amide bonds. The summed E-state index contributed by atoms with van der Waals surface area (Å²) in [6.07, 6.45) is 5.30. The van der Waals surface area contributed by atoms with Gasteiger partial charge in [-0.25, -0.2) is 4.98 Å². The summed E-state index contributed by atoms with van der Waals surface area (Å²) in [6, 6.07) is 0.720. The zero-order valence-corrected chi connectivity index (χ0v) is 12.0. The molecule has 1 aliphatic heterocycles. The lowest BCUT2D eigenvalue weighted by atomic mass is 10.1. The normalized spacial score (nSPS) is 25.5. The SMILES string of the molecule is CCCC1CNCCN1Cc1scnc1C1CC1. The minimum Gasteiger partial charge on any atom is -0.314 e. The van der Waals surface area contributed by atoms with E-state index in [1.807, 2.05) is 16.8 Å².